The molecule has 0 bridgehead atoms. The molecule has 3 heterocycles. The van der Waals surface area contributed by atoms with Gasteiger partial charge in [0.1, 0.15) is 0 Å². The van der Waals surface area contributed by atoms with Gasteiger partial charge in [0.15, 0.2) is 5.88 Å². The number of aromatic hydroxyl groups is 1. The van der Waals surface area contributed by atoms with Gasteiger partial charge in [0.2, 0.25) is 0 Å². The second-order valence-corrected chi connectivity index (χ2v) is 10.1. The fraction of sp³-hybridized carbons (Fsp3) is 0.333. The lowest BCUT2D eigenvalue weighted by Gasteiger charge is -2.36. The van der Waals surface area contributed by atoms with Crippen molar-refractivity contribution < 1.29 is 5.11 Å². The Bertz CT molecular complexity index is 1350. The van der Waals surface area contributed by atoms with Crippen LogP contribution in [0.25, 0.3) is 10.9 Å². The van der Waals surface area contributed by atoms with Crippen molar-refractivity contribution in [1.29, 1.82) is 0 Å². The molecule has 192 valence electrons. The highest BCUT2D eigenvalue weighted by Crippen LogP contribution is 2.32. The third kappa shape index (κ3) is 5.84. The van der Waals surface area contributed by atoms with Crippen LogP contribution >= 0.6 is 0 Å². The minimum atomic E-state index is 0.114. The van der Waals surface area contributed by atoms with E-state index in [2.05, 4.69) is 69.1 Å². The second-order valence-electron chi connectivity index (χ2n) is 10.1. The van der Waals surface area contributed by atoms with Crippen molar-refractivity contribution in [2.24, 2.45) is 4.99 Å². The molecule has 0 unspecified atom stereocenters. The van der Waals surface area contributed by atoms with Crippen LogP contribution in [0, 0.1) is 6.92 Å². The van der Waals surface area contributed by atoms with Crippen molar-refractivity contribution in [1.82, 2.24) is 19.8 Å². The van der Waals surface area contributed by atoms with Gasteiger partial charge >= 0.3 is 0 Å². The number of aryl methyl sites for hydroxylation is 1. The molecule has 37 heavy (non-hydrogen) atoms. The summed E-state index contributed by atoms with van der Waals surface area (Å²) >= 11 is 0. The molecule has 7 nitrogen and oxygen atoms in total. The Labute approximate surface area is 219 Å². The first-order chi connectivity index (χ1) is 18.0. The number of pyridine rings is 1. The predicted octanol–water partition coefficient (Wildman–Crippen LogP) is 4.82. The SMILES string of the molecule is Cc1ccc2c(C(=Nc3ccc(N4CCN(CCCN(C)C)CC4)cc3)c3cccnc3)c(O)[nH]c2c1. The van der Waals surface area contributed by atoms with Crippen molar-refractivity contribution in [3.63, 3.8) is 0 Å². The van der Waals surface area contributed by atoms with E-state index in [-0.39, 0.29) is 5.88 Å². The van der Waals surface area contributed by atoms with Crippen LogP contribution in [-0.2, 0) is 0 Å². The van der Waals surface area contributed by atoms with Gasteiger partial charge in [-0.1, -0.05) is 12.1 Å². The highest BCUT2D eigenvalue weighted by Gasteiger charge is 2.20. The number of nitrogens with zero attached hydrogens (tertiary/aromatic N) is 5. The summed E-state index contributed by atoms with van der Waals surface area (Å²) in [6.45, 7) is 8.61. The van der Waals surface area contributed by atoms with Crippen LogP contribution in [0.1, 0.15) is 23.1 Å². The lowest BCUT2D eigenvalue weighted by atomic mass is 10.0. The van der Waals surface area contributed by atoms with E-state index in [1.807, 2.05) is 31.2 Å². The average molecular weight is 497 g/mol. The van der Waals surface area contributed by atoms with E-state index < -0.39 is 0 Å². The third-order valence-corrected chi connectivity index (χ3v) is 7.01. The predicted molar refractivity (Wildman–Crippen MR) is 153 cm³/mol. The van der Waals surface area contributed by atoms with Gasteiger partial charge in [-0.3, -0.25) is 9.88 Å². The first-order valence-corrected chi connectivity index (χ1v) is 13.0. The maximum Gasteiger partial charge on any atom is 0.199 e. The van der Waals surface area contributed by atoms with E-state index in [1.54, 1.807) is 12.4 Å². The van der Waals surface area contributed by atoms with Crippen molar-refractivity contribution in [3.05, 3.63) is 83.7 Å². The number of aliphatic imine (C=N–C) groups is 1. The summed E-state index contributed by atoms with van der Waals surface area (Å²) in [5.41, 5.74) is 6.32. The van der Waals surface area contributed by atoms with Gasteiger partial charge in [-0.25, -0.2) is 4.99 Å². The van der Waals surface area contributed by atoms with Crippen LogP contribution in [0.15, 0.2) is 72.0 Å². The lowest BCUT2D eigenvalue weighted by Crippen LogP contribution is -2.46. The molecule has 1 aliphatic heterocycles. The van der Waals surface area contributed by atoms with Gasteiger partial charge in [0, 0.05) is 60.7 Å². The summed E-state index contributed by atoms with van der Waals surface area (Å²) in [6.07, 6.45) is 4.75. The molecule has 7 heteroatoms. The van der Waals surface area contributed by atoms with Crippen LogP contribution in [-0.4, -0.2) is 83.9 Å². The van der Waals surface area contributed by atoms with Crippen LogP contribution in [0.2, 0.25) is 0 Å². The standard InChI is InChI=1S/C30H36N6O/c1-22-7-12-26-27(20-22)33-30(37)28(26)29(23-6-4-13-31-21-23)32-24-8-10-25(11-9-24)36-18-16-35(17-19-36)15-5-14-34(2)3/h4,6-13,20-21,33,37H,5,14-19H2,1-3H3. The molecule has 1 aliphatic rings. The summed E-state index contributed by atoms with van der Waals surface area (Å²) in [4.78, 5) is 19.7. The topological polar surface area (TPSA) is 71.0 Å². The highest BCUT2D eigenvalue weighted by molar-refractivity contribution is 6.21. The summed E-state index contributed by atoms with van der Waals surface area (Å²) in [7, 11) is 4.27. The Hall–Kier alpha value is -3.68. The van der Waals surface area contributed by atoms with Gasteiger partial charge < -0.3 is 19.9 Å². The van der Waals surface area contributed by atoms with E-state index in [4.69, 9.17) is 4.99 Å². The van der Waals surface area contributed by atoms with Crippen LogP contribution < -0.4 is 4.90 Å². The molecular weight excluding hydrogens is 460 g/mol. The molecule has 2 N–H and O–H groups in total. The van der Waals surface area contributed by atoms with Gasteiger partial charge in [0.05, 0.1) is 17.0 Å². The molecular formula is C30H36N6O. The molecule has 0 atom stereocenters. The monoisotopic (exact) mass is 496 g/mol. The normalized spacial score (nSPS) is 15.1. The Morgan fingerprint density at radius 3 is 2.54 bits per heavy atom. The molecule has 1 fully saturated rings. The summed E-state index contributed by atoms with van der Waals surface area (Å²) in [5, 5.41) is 11.8. The highest BCUT2D eigenvalue weighted by atomic mass is 16.3. The molecule has 5 rings (SSSR count). The summed E-state index contributed by atoms with van der Waals surface area (Å²) < 4.78 is 0. The first-order valence-electron chi connectivity index (χ1n) is 13.0. The Kier molecular flexibility index (Phi) is 7.53. The zero-order valence-electron chi connectivity index (χ0n) is 22.0. The molecule has 2 aromatic carbocycles. The van der Waals surface area contributed by atoms with Crippen molar-refractivity contribution in [3.8, 4) is 5.88 Å². The number of aromatic amines is 1. The van der Waals surface area contributed by atoms with E-state index in [0.29, 0.717) is 11.3 Å². The molecule has 0 amide bonds. The zero-order valence-corrected chi connectivity index (χ0v) is 22.0. The second kappa shape index (κ2) is 11.2. The van der Waals surface area contributed by atoms with Crippen LogP contribution in [0.5, 0.6) is 5.88 Å². The Morgan fingerprint density at radius 1 is 1.05 bits per heavy atom. The lowest BCUT2D eigenvalue weighted by molar-refractivity contribution is 0.242. The number of rotatable bonds is 8. The van der Waals surface area contributed by atoms with E-state index >= 15 is 0 Å². The number of anilines is 1. The summed E-state index contributed by atoms with van der Waals surface area (Å²) in [5.74, 6) is 0.114. The fourth-order valence-corrected chi connectivity index (χ4v) is 5.01. The molecule has 2 aromatic heterocycles. The minimum Gasteiger partial charge on any atom is -0.494 e. The number of benzene rings is 2. The number of hydrogen-bond acceptors (Lipinski definition) is 6. The maximum atomic E-state index is 10.9. The zero-order chi connectivity index (χ0) is 25.8. The minimum absolute atomic E-state index is 0.114. The number of fused-ring (bicyclic) bond motifs is 1. The molecule has 1 saturated heterocycles. The van der Waals surface area contributed by atoms with Crippen molar-refractivity contribution in [2.45, 2.75) is 13.3 Å². The maximum absolute atomic E-state index is 10.9. The number of H-pyrrole nitrogens is 1. The Morgan fingerprint density at radius 2 is 1.84 bits per heavy atom. The Balaban J connectivity index is 1.37. The molecule has 0 aliphatic carbocycles. The van der Waals surface area contributed by atoms with Crippen molar-refractivity contribution >= 4 is 28.0 Å². The smallest absolute Gasteiger partial charge is 0.199 e. The first kappa shape index (κ1) is 25.0. The third-order valence-electron chi connectivity index (χ3n) is 7.01. The quantitative estimate of drug-likeness (QED) is 0.342. The van der Waals surface area contributed by atoms with Crippen LogP contribution in [0.3, 0.4) is 0 Å². The van der Waals surface area contributed by atoms with Gasteiger partial charge in [-0.2, -0.15) is 0 Å². The van der Waals surface area contributed by atoms with E-state index in [0.717, 1.165) is 67.0 Å². The number of aromatic nitrogens is 2. The van der Waals surface area contributed by atoms with Gasteiger partial charge in [0.25, 0.3) is 0 Å². The largest absolute Gasteiger partial charge is 0.494 e. The fourth-order valence-electron chi connectivity index (χ4n) is 5.01. The molecule has 0 spiro atoms. The van der Waals surface area contributed by atoms with Crippen molar-refractivity contribution in [2.75, 3.05) is 58.3 Å². The molecule has 0 saturated carbocycles. The number of hydrogen-bond donors (Lipinski definition) is 2. The van der Waals surface area contributed by atoms with Gasteiger partial charge in [-0.05, 0) is 88.6 Å². The number of nitrogens with one attached hydrogen (secondary N) is 1. The van der Waals surface area contributed by atoms with E-state index in [9.17, 15) is 5.11 Å². The summed E-state index contributed by atoms with van der Waals surface area (Å²) in [6, 6.07) is 18.4. The average Bonchev–Trinajstić information content (AvgIpc) is 3.23. The van der Waals surface area contributed by atoms with Crippen LogP contribution in [0.4, 0.5) is 11.4 Å². The number of piperazine rings is 1. The molecule has 0 radical (unpaired) electrons. The molecule has 4 aromatic rings. The van der Waals surface area contributed by atoms with Gasteiger partial charge in [-0.15, -0.1) is 0 Å². The van der Waals surface area contributed by atoms with E-state index in [1.165, 1.54) is 12.1 Å².